The molecule has 0 aromatic carbocycles. The number of carbonyl (C=O) groups is 1. The summed E-state index contributed by atoms with van der Waals surface area (Å²) in [6.07, 6.45) is 0.480. The maximum atomic E-state index is 10.7. The first-order valence-corrected chi connectivity index (χ1v) is 2.88. The maximum absolute atomic E-state index is 10.7. The largest absolute Gasteiger partial charge is 0.356 e. The number of hydrogen-bond acceptors (Lipinski definition) is 3. The Morgan fingerprint density at radius 3 is 3.00 bits per heavy atom. The first-order chi connectivity index (χ1) is 4.34. The summed E-state index contributed by atoms with van der Waals surface area (Å²) in [5, 5.41) is 8.27. The lowest BCUT2D eigenvalue weighted by molar-refractivity contribution is -0.131. The van der Waals surface area contributed by atoms with Gasteiger partial charge in [-0.05, 0) is 6.42 Å². The van der Waals surface area contributed by atoms with Crippen LogP contribution in [0.3, 0.4) is 0 Å². The monoisotopic (exact) mass is 125 g/mol. The third kappa shape index (κ3) is 1.27. The molecule has 0 radical (unpaired) electrons. The molecule has 1 aliphatic heterocycles. The number of hydrogen-bond donors (Lipinski definition) is 0. The van der Waals surface area contributed by atoms with E-state index in [-0.39, 0.29) is 5.78 Å². The Bertz CT molecular complexity index is 159. The molecule has 9 heavy (non-hydrogen) atoms. The van der Waals surface area contributed by atoms with Crippen LogP contribution in [0.1, 0.15) is 12.8 Å². The minimum atomic E-state index is -0.779. The molecule has 1 heterocycles. The fourth-order valence-corrected chi connectivity index (χ4v) is 0.781. The van der Waals surface area contributed by atoms with Gasteiger partial charge in [0.25, 0.3) is 0 Å². The molecule has 1 aliphatic rings. The third-order valence-electron chi connectivity index (χ3n) is 1.26. The summed E-state index contributed by atoms with van der Waals surface area (Å²) in [5.74, 6) is -0.0799. The minimum absolute atomic E-state index is 0.0799. The second-order valence-corrected chi connectivity index (χ2v) is 1.95. The van der Waals surface area contributed by atoms with E-state index in [2.05, 4.69) is 0 Å². The number of ether oxygens (including phenoxy) is 1. The molecule has 0 amide bonds. The van der Waals surface area contributed by atoms with Crippen LogP contribution in [0, 0.1) is 11.3 Å². The highest BCUT2D eigenvalue weighted by atomic mass is 16.5. The molecular weight excluding hydrogens is 118 g/mol. The van der Waals surface area contributed by atoms with E-state index in [0.29, 0.717) is 13.0 Å². The molecule has 0 aromatic heterocycles. The second kappa shape index (κ2) is 2.60. The third-order valence-corrected chi connectivity index (χ3v) is 1.26. The Hall–Kier alpha value is -0.880. The van der Waals surface area contributed by atoms with E-state index >= 15 is 0 Å². The van der Waals surface area contributed by atoms with E-state index in [9.17, 15) is 4.79 Å². The van der Waals surface area contributed by atoms with E-state index in [1.165, 1.54) is 0 Å². The first kappa shape index (κ1) is 6.24. The molecule has 0 spiro atoms. The van der Waals surface area contributed by atoms with E-state index in [1.807, 2.05) is 0 Å². The summed E-state index contributed by atoms with van der Waals surface area (Å²) in [5.41, 5.74) is 0. The van der Waals surface area contributed by atoms with E-state index in [0.717, 1.165) is 6.42 Å². The topological polar surface area (TPSA) is 50.1 Å². The number of nitrogens with zero attached hydrogens (tertiary/aromatic N) is 1. The maximum Gasteiger partial charge on any atom is 0.201 e. The van der Waals surface area contributed by atoms with Gasteiger partial charge >= 0.3 is 0 Å². The van der Waals surface area contributed by atoms with Crippen molar-refractivity contribution in [3.63, 3.8) is 0 Å². The van der Waals surface area contributed by atoms with Crippen LogP contribution >= 0.6 is 0 Å². The molecule has 0 aromatic rings. The van der Waals surface area contributed by atoms with Crippen molar-refractivity contribution in [1.82, 2.24) is 0 Å². The highest BCUT2D eigenvalue weighted by Gasteiger charge is 2.21. The van der Waals surface area contributed by atoms with Gasteiger partial charge in [0.05, 0.1) is 0 Å². The standard InChI is InChI=1S/C6H7NO2/c7-4-6-5(8)2-1-3-9-6/h6H,1-3H2. The summed E-state index contributed by atoms with van der Waals surface area (Å²) in [4.78, 5) is 10.7. The Morgan fingerprint density at radius 2 is 2.56 bits per heavy atom. The van der Waals surface area contributed by atoms with Crippen LogP contribution in [0.4, 0.5) is 0 Å². The molecule has 1 atom stereocenters. The smallest absolute Gasteiger partial charge is 0.201 e. The highest BCUT2D eigenvalue weighted by Crippen LogP contribution is 2.07. The van der Waals surface area contributed by atoms with Crippen molar-refractivity contribution in [2.24, 2.45) is 0 Å². The van der Waals surface area contributed by atoms with E-state index in [1.54, 1.807) is 6.07 Å². The lowest BCUT2D eigenvalue weighted by atomic mass is 10.1. The van der Waals surface area contributed by atoms with Crippen LogP contribution in [0.25, 0.3) is 0 Å². The number of nitriles is 1. The van der Waals surface area contributed by atoms with Crippen LogP contribution in [0.5, 0.6) is 0 Å². The van der Waals surface area contributed by atoms with Crippen molar-refractivity contribution in [3.05, 3.63) is 0 Å². The molecule has 0 N–H and O–H groups in total. The molecule has 1 fully saturated rings. The van der Waals surface area contributed by atoms with E-state index < -0.39 is 6.10 Å². The Labute approximate surface area is 53.2 Å². The summed E-state index contributed by atoms with van der Waals surface area (Å²) < 4.78 is 4.83. The van der Waals surface area contributed by atoms with Crippen LogP contribution in [-0.4, -0.2) is 18.5 Å². The van der Waals surface area contributed by atoms with Crippen LogP contribution in [-0.2, 0) is 9.53 Å². The van der Waals surface area contributed by atoms with Gasteiger partial charge < -0.3 is 4.74 Å². The molecule has 1 saturated heterocycles. The zero-order chi connectivity index (χ0) is 6.69. The van der Waals surface area contributed by atoms with Gasteiger partial charge in [-0.25, -0.2) is 0 Å². The number of carbonyl (C=O) groups excluding carboxylic acids is 1. The zero-order valence-corrected chi connectivity index (χ0v) is 4.96. The molecule has 0 bridgehead atoms. The Kier molecular flexibility index (Phi) is 1.81. The predicted octanol–water partition coefficient (Wildman–Crippen LogP) is 0.258. The molecule has 3 heteroatoms. The van der Waals surface area contributed by atoms with Crippen molar-refractivity contribution < 1.29 is 9.53 Å². The molecule has 3 nitrogen and oxygen atoms in total. The lowest BCUT2D eigenvalue weighted by Crippen LogP contribution is -2.27. The van der Waals surface area contributed by atoms with Gasteiger partial charge in [0.1, 0.15) is 6.07 Å². The van der Waals surface area contributed by atoms with Crippen LogP contribution in [0.15, 0.2) is 0 Å². The number of Topliss-reactive ketones (excluding diaryl/α,β-unsaturated/α-hetero) is 1. The highest BCUT2D eigenvalue weighted by molar-refractivity contribution is 5.86. The quantitative estimate of drug-likeness (QED) is 0.466. The summed E-state index contributed by atoms with van der Waals surface area (Å²) in [6, 6.07) is 1.78. The molecule has 1 rings (SSSR count). The predicted molar refractivity (Wildman–Crippen MR) is 29.6 cm³/mol. The van der Waals surface area contributed by atoms with Crippen LogP contribution < -0.4 is 0 Å². The molecule has 1 unspecified atom stereocenters. The van der Waals surface area contributed by atoms with Gasteiger partial charge in [-0.3, -0.25) is 4.79 Å². The Balaban J connectivity index is 2.51. The summed E-state index contributed by atoms with van der Waals surface area (Å²) >= 11 is 0. The van der Waals surface area contributed by atoms with Gasteiger partial charge in [0.2, 0.25) is 6.10 Å². The van der Waals surface area contributed by atoms with Gasteiger partial charge in [-0.2, -0.15) is 5.26 Å². The fourth-order valence-electron chi connectivity index (χ4n) is 0.781. The lowest BCUT2D eigenvalue weighted by Gasteiger charge is -2.13. The number of ketones is 1. The Morgan fingerprint density at radius 1 is 1.78 bits per heavy atom. The number of rotatable bonds is 0. The minimum Gasteiger partial charge on any atom is -0.356 e. The van der Waals surface area contributed by atoms with Gasteiger partial charge in [-0.15, -0.1) is 0 Å². The molecule has 0 aliphatic carbocycles. The van der Waals surface area contributed by atoms with Crippen molar-refractivity contribution in [3.8, 4) is 6.07 Å². The summed E-state index contributed by atoms with van der Waals surface area (Å²) in [6.45, 7) is 0.546. The zero-order valence-electron chi connectivity index (χ0n) is 4.96. The van der Waals surface area contributed by atoms with Crippen molar-refractivity contribution >= 4 is 5.78 Å². The second-order valence-electron chi connectivity index (χ2n) is 1.95. The molecule has 0 saturated carbocycles. The van der Waals surface area contributed by atoms with Gasteiger partial charge in [0, 0.05) is 13.0 Å². The summed E-state index contributed by atoms with van der Waals surface area (Å²) in [7, 11) is 0. The van der Waals surface area contributed by atoms with Crippen molar-refractivity contribution in [2.75, 3.05) is 6.61 Å². The van der Waals surface area contributed by atoms with Gasteiger partial charge in [0.15, 0.2) is 5.78 Å². The first-order valence-electron chi connectivity index (χ1n) is 2.88. The van der Waals surface area contributed by atoms with Crippen molar-refractivity contribution in [1.29, 1.82) is 5.26 Å². The average Bonchev–Trinajstić information content (AvgIpc) is 1.89. The molecular formula is C6H7NO2. The average molecular weight is 125 g/mol. The fraction of sp³-hybridized carbons (Fsp3) is 0.667. The van der Waals surface area contributed by atoms with Crippen molar-refractivity contribution in [2.45, 2.75) is 18.9 Å². The molecule has 48 valence electrons. The SMILES string of the molecule is N#CC1OCCCC1=O. The van der Waals surface area contributed by atoms with Gasteiger partial charge in [-0.1, -0.05) is 0 Å². The van der Waals surface area contributed by atoms with E-state index in [4.69, 9.17) is 10.00 Å². The normalized spacial score (nSPS) is 27.4. The van der Waals surface area contributed by atoms with Crippen LogP contribution in [0.2, 0.25) is 0 Å².